The van der Waals surface area contributed by atoms with Crippen molar-refractivity contribution in [3.63, 3.8) is 0 Å². The van der Waals surface area contributed by atoms with Crippen molar-refractivity contribution in [3.8, 4) is 0 Å². The minimum absolute atomic E-state index is 0.0615. The molecule has 0 saturated carbocycles. The first-order chi connectivity index (χ1) is 14.8. The van der Waals surface area contributed by atoms with E-state index in [0.29, 0.717) is 16.9 Å². The minimum Gasteiger partial charge on any atom is -0.459 e. The Balaban J connectivity index is 1.58. The van der Waals surface area contributed by atoms with E-state index in [4.69, 9.17) is 9.47 Å². The number of β-lactam (4-membered cyclic amide) rings is 1. The summed E-state index contributed by atoms with van der Waals surface area (Å²) >= 11 is 1.41. The largest absolute Gasteiger partial charge is 0.459 e. The van der Waals surface area contributed by atoms with Gasteiger partial charge in [0.2, 0.25) is 5.91 Å². The molecule has 2 amide bonds. The van der Waals surface area contributed by atoms with E-state index in [0.717, 1.165) is 12.8 Å². The van der Waals surface area contributed by atoms with Crippen molar-refractivity contribution in [2.75, 3.05) is 12.4 Å². The summed E-state index contributed by atoms with van der Waals surface area (Å²) in [6, 6.07) is 3.94. The zero-order chi connectivity index (χ0) is 22.5. The van der Waals surface area contributed by atoms with Crippen LogP contribution in [0.2, 0.25) is 0 Å². The topological polar surface area (TPSA) is 128 Å². The van der Waals surface area contributed by atoms with Gasteiger partial charge >= 0.3 is 12.1 Å². The molecule has 3 atom stereocenters. The van der Waals surface area contributed by atoms with E-state index < -0.39 is 40.4 Å². The average Bonchev–Trinajstić information content (AvgIpc) is 2.76. The molecule has 3 rings (SSSR count). The van der Waals surface area contributed by atoms with Crippen LogP contribution in [0.1, 0.15) is 25.3 Å². The number of thioether (sulfide) groups is 1. The standard InChI is InChI=1S/C20H23N3O7S/c1-3-4-9-29-20(26)21-15-17(24)22-16(12(2)11-31-18(15)22)19(25)30-10-13-5-7-14(8-6-13)23(27)28/h5-8,15-16,18H,2-4,9-11H2,1H3,(H,21,26)/t15-,16?,18-/m1/s1. The monoisotopic (exact) mass is 449 g/mol. The number of carbonyl (C=O) groups excluding carboxylic acids is 3. The lowest BCUT2D eigenvalue weighted by Gasteiger charge is -2.52. The zero-order valence-corrected chi connectivity index (χ0v) is 17.8. The highest BCUT2D eigenvalue weighted by Gasteiger charge is 2.56. The maximum absolute atomic E-state index is 12.7. The smallest absolute Gasteiger partial charge is 0.407 e. The van der Waals surface area contributed by atoms with E-state index in [-0.39, 0.29) is 18.9 Å². The molecule has 2 heterocycles. The molecule has 0 bridgehead atoms. The summed E-state index contributed by atoms with van der Waals surface area (Å²) in [5, 5.41) is 12.9. The van der Waals surface area contributed by atoms with Gasteiger partial charge in [0.25, 0.3) is 5.69 Å². The van der Waals surface area contributed by atoms with Gasteiger partial charge in [-0.3, -0.25) is 14.9 Å². The van der Waals surface area contributed by atoms with Crippen molar-refractivity contribution < 1.29 is 28.8 Å². The predicted octanol–water partition coefficient (Wildman–Crippen LogP) is 2.37. The Bertz CT molecular complexity index is 889. The molecular formula is C20H23N3O7S. The fourth-order valence-electron chi connectivity index (χ4n) is 3.24. The van der Waals surface area contributed by atoms with Gasteiger partial charge in [-0.1, -0.05) is 19.9 Å². The van der Waals surface area contributed by atoms with E-state index in [1.807, 2.05) is 6.92 Å². The maximum atomic E-state index is 12.7. The Hall–Kier alpha value is -3.08. The third kappa shape index (κ3) is 4.98. The second-order valence-electron chi connectivity index (χ2n) is 7.15. The molecule has 0 radical (unpaired) electrons. The summed E-state index contributed by atoms with van der Waals surface area (Å²) in [4.78, 5) is 48.8. The molecule has 1 N–H and O–H groups in total. The van der Waals surface area contributed by atoms with Gasteiger partial charge in [-0.15, -0.1) is 11.8 Å². The number of rotatable bonds is 8. The number of alkyl carbamates (subject to hydrolysis) is 1. The summed E-state index contributed by atoms with van der Waals surface area (Å²) in [7, 11) is 0. The maximum Gasteiger partial charge on any atom is 0.407 e. The normalized spacial score (nSPS) is 22.2. The van der Waals surface area contributed by atoms with Crippen LogP contribution in [0.25, 0.3) is 0 Å². The number of nitrogens with zero attached hydrogens (tertiary/aromatic N) is 2. The van der Waals surface area contributed by atoms with Crippen LogP contribution in [0.15, 0.2) is 36.4 Å². The van der Waals surface area contributed by atoms with Crippen molar-refractivity contribution in [3.05, 3.63) is 52.1 Å². The lowest BCUT2D eigenvalue weighted by atomic mass is 9.99. The van der Waals surface area contributed by atoms with Crippen molar-refractivity contribution in [1.82, 2.24) is 10.2 Å². The number of benzene rings is 1. The fraction of sp³-hybridized carbons (Fsp3) is 0.450. The molecule has 0 aliphatic carbocycles. The highest BCUT2D eigenvalue weighted by atomic mass is 32.2. The van der Waals surface area contributed by atoms with Crippen molar-refractivity contribution >= 4 is 35.4 Å². The molecule has 2 aliphatic heterocycles. The van der Waals surface area contributed by atoms with Gasteiger partial charge < -0.3 is 19.7 Å². The van der Waals surface area contributed by atoms with Crippen LogP contribution in [0.5, 0.6) is 0 Å². The van der Waals surface area contributed by atoms with Crippen LogP contribution in [0.4, 0.5) is 10.5 Å². The third-order valence-corrected chi connectivity index (χ3v) is 6.32. The van der Waals surface area contributed by atoms with Crippen LogP contribution in [0.3, 0.4) is 0 Å². The third-order valence-electron chi connectivity index (χ3n) is 4.94. The molecule has 31 heavy (non-hydrogen) atoms. The van der Waals surface area contributed by atoms with Gasteiger partial charge in [0.1, 0.15) is 18.0 Å². The van der Waals surface area contributed by atoms with E-state index in [2.05, 4.69) is 11.9 Å². The highest BCUT2D eigenvalue weighted by Crippen LogP contribution is 2.40. The van der Waals surface area contributed by atoms with Gasteiger partial charge in [-0.25, -0.2) is 9.59 Å². The molecule has 1 unspecified atom stereocenters. The van der Waals surface area contributed by atoms with Gasteiger partial charge in [0, 0.05) is 17.9 Å². The van der Waals surface area contributed by atoms with E-state index in [9.17, 15) is 24.5 Å². The average molecular weight is 449 g/mol. The van der Waals surface area contributed by atoms with E-state index in [1.165, 1.54) is 40.9 Å². The Kier molecular flexibility index (Phi) is 7.16. The number of hydrogen-bond acceptors (Lipinski definition) is 8. The number of non-ortho nitro benzene ring substituents is 1. The van der Waals surface area contributed by atoms with Gasteiger partial charge in [-0.05, 0) is 29.7 Å². The summed E-state index contributed by atoms with van der Waals surface area (Å²) in [6.07, 6.45) is 0.959. The van der Waals surface area contributed by atoms with Crippen LogP contribution >= 0.6 is 11.8 Å². The number of nitro benzene ring substituents is 1. The lowest BCUT2D eigenvalue weighted by Crippen LogP contribution is -2.74. The quantitative estimate of drug-likeness (QED) is 0.160. The first-order valence-corrected chi connectivity index (χ1v) is 10.8. The number of unbranched alkanes of at least 4 members (excludes halogenated alkanes) is 1. The second-order valence-corrected chi connectivity index (χ2v) is 8.26. The molecule has 166 valence electrons. The number of nitro groups is 1. The molecule has 1 aromatic carbocycles. The van der Waals surface area contributed by atoms with Crippen LogP contribution < -0.4 is 5.32 Å². The summed E-state index contributed by atoms with van der Waals surface area (Å²) < 4.78 is 10.4. The van der Waals surface area contributed by atoms with Crippen LogP contribution in [0, 0.1) is 10.1 Å². The van der Waals surface area contributed by atoms with Crippen molar-refractivity contribution in [2.45, 2.75) is 43.8 Å². The molecule has 2 aliphatic rings. The van der Waals surface area contributed by atoms with Crippen LogP contribution in [-0.2, 0) is 25.7 Å². The molecule has 2 fully saturated rings. The summed E-state index contributed by atoms with van der Waals surface area (Å²) in [6.45, 7) is 6.05. The summed E-state index contributed by atoms with van der Waals surface area (Å²) in [5.74, 6) is -0.594. The van der Waals surface area contributed by atoms with Crippen molar-refractivity contribution in [2.24, 2.45) is 0 Å². The molecule has 0 spiro atoms. The molecular weight excluding hydrogens is 426 g/mol. The van der Waals surface area contributed by atoms with Crippen molar-refractivity contribution in [1.29, 1.82) is 0 Å². The first-order valence-electron chi connectivity index (χ1n) is 9.78. The SMILES string of the molecule is C=C1CS[C@@H]2[C@H](NC(=O)OCCCC)C(=O)N2C1C(=O)OCc1ccc([N+](=O)[O-])cc1. The number of ether oxygens (including phenoxy) is 2. The van der Waals surface area contributed by atoms with E-state index in [1.54, 1.807) is 0 Å². The lowest BCUT2D eigenvalue weighted by molar-refractivity contribution is -0.384. The van der Waals surface area contributed by atoms with E-state index >= 15 is 0 Å². The first kappa shape index (κ1) is 22.6. The zero-order valence-electron chi connectivity index (χ0n) is 16.9. The molecule has 10 nitrogen and oxygen atoms in total. The van der Waals surface area contributed by atoms with Gasteiger partial charge in [-0.2, -0.15) is 0 Å². The fourth-order valence-corrected chi connectivity index (χ4v) is 4.55. The Morgan fingerprint density at radius 3 is 2.68 bits per heavy atom. The number of carbonyl (C=O) groups is 3. The Morgan fingerprint density at radius 2 is 2.03 bits per heavy atom. The predicted molar refractivity (Wildman–Crippen MR) is 112 cm³/mol. The number of hydrogen-bond donors (Lipinski definition) is 1. The Morgan fingerprint density at radius 1 is 1.32 bits per heavy atom. The summed E-state index contributed by atoms with van der Waals surface area (Å²) in [5.41, 5.74) is 1.05. The number of esters is 1. The number of nitrogens with one attached hydrogen (secondary N) is 1. The van der Waals surface area contributed by atoms with Crippen LogP contribution in [-0.4, -0.2) is 57.6 Å². The van der Waals surface area contributed by atoms with Gasteiger partial charge in [0.15, 0.2) is 6.04 Å². The molecule has 11 heteroatoms. The number of fused-ring (bicyclic) bond motifs is 1. The Labute approximate surface area is 183 Å². The van der Waals surface area contributed by atoms with Gasteiger partial charge in [0.05, 0.1) is 11.5 Å². The minimum atomic E-state index is -0.939. The number of amides is 2. The highest BCUT2D eigenvalue weighted by molar-refractivity contribution is 8.00. The molecule has 2 saturated heterocycles. The molecule has 1 aromatic rings. The second kappa shape index (κ2) is 9.82. The molecule has 0 aromatic heterocycles.